The molecule has 0 N–H and O–H groups in total. The first-order chi connectivity index (χ1) is 32.3. The number of nitrogens with zero attached hydrogens (tertiary/aromatic N) is 2. The summed E-state index contributed by atoms with van der Waals surface area (Å²) in [7, 11) is 0. The van der Waals surface area contributed by atoms with Crippen molar-refractivity contribution in [2.45, 2.75) is 66.2 Å². The monoisotopic (exact) mass is 872 g/mol. The fourth-order valence-electron chi connectivity index (χ4n) is 10.4. The second-order valence-electron chi connectivity index (χ2n) is 20.3. The topological polar surface area (TPSA) is 45.9 Å². The molecule has 9 aromatic carbocycles. The highest BCUT2D eigenvalue weighted by Crippen LogP contribution is 2.50. The van der Waals surface area contributed by atoms with Gasteiger partial charge in [0.2, 0.25) is 0 Å². The molecular formula is C62H52N2O3. The number of rotatable bonds is 6. The minimum absolute atomic E-state index is 0.0892. The Morgan fingerprint density at radius 2 is 0.791 bits per heavy atom. The Morgan fingerprint density at radius 1 is 0.328 bits per heavy atom. The highest BCUT2D eigenvalue weighted by molar-refractivity contribution is 6.23. The summed E-state index contributed by atoms with van der Waals surface area (Å²) in [5.74, 6) is 0. The van der Waals surface area contributed by atoms with Crippen molar-refractivity contribution in [3.05, 3.63) is 192 Å². The summed E-state index contributed by atoms with van der Waals surface area (Å²) in [4.78, 5) is 4.66. The molecule has 0 aliphatic carbocycles. The predicted molar refractivity (Wildman–Crippen MR) is 282 cm³/mol. The van der Waals surface area contributed by atoms with Crippen molar-refractivity contribution in [3.63, 3.8) is 0 Å². The van der Waals surface area contributed by atoms with Crippen LogP contribution in [0.4, 0.5) is 34.1 Å². The van der Waals surface area contributed by atoms with Gasteiger partial charge in [-0.1, -0.05) is 151 Å². The molecular weight excluding hydrogens is 821 g/mol. The van der Waals surface area contributed by atoms with Crippen molar-refractivity contribution < 1.29 is 13.3 Å². The Hall–Kier alpha value is -7.76. The average Bonchev–Trinajstić information content (AvgIpc) is 4.00. The highest BCUT2D eigenvalue weighted by atomic mass is 16.3. The Kier molecular flexibility index (Phi) is 9.05. The standard InChI is InChI=1S/C62H52N2O3/c1-37-17-11-19-39(33-37)63(51-29-15-25-46-44-23-13-27-49(61(3,4)5)57(44)66-59(46)51)41-31-32-48-54(35-41)65-55-36-53(42-21-9-10-22-43(42)56(48)55)64(40-20-12-18-38(2)34-40)52-30-16-26-47-45-24-14-28-50(62(6,7)8)58(45)67-60(47)52/h9-36H,1-8H3. The van der Waals surface area contributed by atoms with Crippen LogP contribution in [-0.4, -0.2) is 0 Å². The summed E-state index contributed by atoms with van der Waals surface area (Å²) in [5, 5.41) is 8.78. The van der Waals surface area contributed by atoms with E-state index in [2.05, 4.69) is 235 Å². The number of hydrogen-bond donors (Lipinski definition) is 0. The van der Waals surface area contributed by atoms with Gasteiger partial charge in [-0.05, 0) is 89.7 Å². The Morgan fingerprint density at radius 3 is 1.34 bits per heavy atom. The fraction of sp³-hybridized carbons (Fsp3) is 0.161. The van der Waals surface area contributed by atoms with Crippen LogP contribution in [-0.2, 0) is 10.8 Å². The van der Waals surface area contributed by atoms with Gasteiger partial charge in [-0.15, -0.1) is 0 Å². The maximum Gasteiger partial charge on any atom is 0.159 e. The second-order valence-corrected chi connectivity index (χ2v) is 20.3. The van der Waals surface area contributed by atoms with Crippen molar-refractivity contribution in [2.24, 2.45) is 0 Å². The Bertz CT molecular complexity index is 3940. The van der Waals surface area contributed by atoms with Gasteiger partial charge in [-0.3, -0.25) is 0 Å². The highest BCUT2D eigenvalue weighted by Gasteiger charge is 2.28. The van der Waals surface area contributed by atoms with Crippen LogP contribution < -0.4 is 9.80 Å². The van der Waals surface area contributed by atoms with Crippen molar-refractivity contribution in [3.8, 4) is 0 Å². The Balaban J connectivity index is 1.09. The van der Waals surface area contributed by atoms with Crippen LogP contribution in [0.15, 0.2) is 183 Å². The van der Waals surface area contributed by atoms with Crippen LogP contribution in [0.25, 0.3) is 76.6 Å². The number of anilines is 6. The number of hydrogen-bond acceptors (Lipinski definition) is 5. The Labute approximate surface area is 390 Å². The van der Waals surface area contributed by atoms with Crippen molar-refractivity contribution in [1.82, 2.24) is 0 Å². The summed E-state index contributed by atoms with van der Waals surface area (Å²) in [6.45, 7) is 17.8. The molecule has 328 valence electrons. The van der Waals surface area contributed by atoms with E-state index in [1.165, 1.54) is 22.3 Å². The number of benzene rings is 9. The lowest BCUT2D eigenvalue weighted by atomic mass is 9.86. The molecule has 3 aromatic heterocycles. The van der Waals surface area contributed by atoms with E-state index in [1.54, 1.807) is 0 Å². The second kappa shape index (κ2) is 14.9. The van der Waals surface area contributed by atoms with E-state index < -0.39 is 0 Å². The predicted octanol–water partition coefficient (Wildman–Crippen LogP) is 18.7. The number of para-hydroxylation sites is 4. The first kappa shape index (κ1) is 40.7. The zero-order chi connectivity index (χ0) is 45.9. The molecule has 0 radical (unpaired) electrons. The van der Waals surface area contributed by atoms with Crippen molar-refractivity contribution >= 4 is 111 Å². The number of aryl methyl sites for hydroxylation is 2. The maximum absolute atomic E-state index is 7.11. The van der Waals surface area contributed by atoms with Gasteiger partial charge in [0.15, 0.2) is 11.2 Å². The maximum atomic E-state index is 7.11. The third kappa shape index (κ3) is 6.51. The van der Waals surface area contributed by atoms with E-state index in [0.29, 0.717) is 0 Å². The first-order valence-corrected chi connectivity index (χ1v) is 23.3. The molecule has 0 saturated carbocycles. The molecule has 3 heterocycles. The van der Waals surface area contributed by atoms with Gasteiger partial charge >= 0.3 is 0 Å². The van der Waals surface area contributed by atoms with Crippen LogP contribution in [0.2, 0.25) is 0 Å². The third-order valence-electron chi connectivity index (χ3n) is 13.6. The largest absolute Gasteiger partial charge is 0.456 e. The zero-order valence-electron chi connectivity index (χ0n) is 39.3. The van der Waals surface area contributed by atoms with Crippen LogP contribution >= 0.6 is 0 Å². The fourth-order valence-corrected chi connectivity index (χ4v) is 10.4. The van der Waals surface area contributed by atoms with Crippen LogP contribution in [0.1, 0.15) is 63.8 Å². The smallest absolute Gasteiger partial charge is 0.159 e. The van der Waals surface area contributed by atoms with Crippen LogP contribution in [0, 0.1) is 13.8 Å². The third-order valence-corrected chi connectivity index (χ3v) is 13.6. The molecule has 12 aromatic rings. The lowest BCUT2D eigenvalue weighted by molar-refractivity contribution is 0.572. The molecule has 0 fully saturated rings. The van der Waals surface area contributed by atoms with Gasteiger partial charge < -0.3 is 23.1 Å². The minimum atomic E-state index is -0.0971. The quantitative estimate of drug-likeness (QED) is 0.167. The van der Waals surface area contributed by atoms with Gasteiger partial charge in [-0.2, -0.15) is 0 Å². The molecule has 0 unspecified atom stereocenters. The minimum Gasteiger partial charge on any atom is -0.456 e. The molecule has 67 heavy (non-hydrogen) atoms. The van der Waals surface area contributed by atoms with E-state index in [9.17, 15) is 0 Å². The molecule has 12 rings (SSSR count). The summed E-state index contributed by atoms with van der Waals surface area (Å²) >= 11 is 0. The molecule has 5 nitrogen and oxygen atoms in total. The normalized spacial score (nSPS) is 12.5. The van der Waals surface area contributed by atoms with E-state index in [1.807, 2.05) is 0 Å². The van der Waals surface area contributed by atoms with E-state index >= 15 is 0 Å². The van der Waals surface area contributed by atoms with E-state index in [0.717, 1.165) is 111 Å². The average molecular weight is 873 g/mol. The van der Waals surface area contributed by atoms with Crippen molar-refractivity contribution in [1.29, 1.82) is 0 Å². The molecule has 0 atom stereocenters. The molecule has 0 aliphatic rings. The first-order valence-electron chi connectivity index (χ1n) is 23.3. The molecule has 0 spiro atoms. The van der Waals surface area contributed by atoms with Crippen molar-refractivity contribution in [2.75, 3.05) is 9.80 Å². The number of furan rings is 3. The summed E-state index contributed by atoms with van der Waals surface area (Å²) < 4.78 is 21.1. The molecule has 0 aliphatic heterocycles. The van der Waals surface area contributed by atoms with E-state index in [-0.39, 0.29) is 10.8 Å². The van der Waals surface area contributed by atoms with Gasteiger partial charge in [0.1, 0.15) is 22.3 Å². The van der Waals surface area contributed by atoms with E-state index in [4.69, 9.17) is 13.3 Å². The van der Waals surface area contributed by atoms with Gasteiger partial charge in [0.05, 0.1) is 22.7 Å². The van der Waals surface area contributed by atoms with Gasteiger partial charge in [-0.25, -0.2) is 0 Å². The zero-order valence-corrected chi connectivity index (χ0v) is 39.3. The van der Waals surface area contributed by atoms with Gasteiger partial charge in [0, 0.05) is 72.3 Å². The van der Waals surface area contributed by atoms with Crippen LogP contribution in [0.5, 0.6) is 0 Å². The molecule has 0 amide bonds. The molecule has 5 heteroatoms. The van der Waals surface area contributed by atoms with Gasteiger partial charge in [0.25, 0.3) is 0 Å². The SMILES string of the molecule is Cc1cccc(N(c2ccc3c(c2)oc2cc(N(c4cccc(C)c4)c4cccc5c4oc4c(C(C)(C)C)cccc45)c4ccccc4c23)c2cccc3c2oc2c(C(C)(C)C)cccc23)c1. The summed E-state index contributed by atoms with van der Waals surface area (Å²) in [6.07, 6.45) is 0. The van der Waals surface area contributed by atoms with Crippen LogP contribution in [0.3, 0.4) is 0 Å². The molecule has 0 bridgehead atoms. The summed E-state index contributed by atoms with van der Waals surface area (Å²) in [5.41, 5.74) is 15.7. The lowest BCUT2D eigenvalue weighted by Crippen LogP contribution is -2.11. The summed E-state index contributed by atoms with van der Waals surface area (Å²) in [6, 6.07) is 61.0. The molecule has 0 saturated heterocycles. The lowest BCUT2D eigenvalue weighted by Gasteiger charge is -2.27. The number of fused-ring (bicyclic) bond motifs is 11.